The Balaban J connectivity index is 3.80. The lowest BCUT2D eigenvalue weighted by atomic mass is 10.2. The van der Waals surface area contributed by atoms with Crippen molar-refractivity contribution < 1.29 is 20.1 Å². The third-order valence-electron chi connectivity index (χ3n) is 3.31. The molecule has 0 unspecified atom stereocenters. The van der Waals surface area contributed by atoms with Gasteiger partial charge in [0.05, 0.1) is 12.2 Å². The van der Waals surface area contributed by atoms with E-state index in [1.165, 1.54) is 0 Å². The van der Waals surface area contributed by atoms with E-state index >= 15 is 0 Å². The molecule has 0 aromatic heterocycles. The molecule has 0 aromatic rings. The minimum atomic E-state index is -0.900. The normalized spacial score (nSPS) is 15.5. The van der Waals surface area contributed by atoms with Crippen LogP contribution in [0.5, 0.6) is 0 Å². The van der Waals surface area contributed by atoms with Gasteiger partial charge in [0.1, 0.15) is 0 Å². The Morgan fingerprint density at radius 1 is 0.808 bits per heavy atom. The zero-order valence-corrected chi connectivity index (χ0v) is 15.6. The predicted molar refractivity (Wildman–Crippen MR) is 108 cm³/mol. The van der Waals surface area contributed by atoms with Gasteiger partial charge in [-0.15, -0.1) is 0 Å². The highest BCUT2D eigenvalue weighted by Gasteiger charge is 2.02. The molecule has 0 heterocycles. The molecular formula is C22H32O4. The summed E-state index contributed by atoms with van der Waals surface area (Å²) in [5.41, 5.74) is 0. The number of aliphatic carboxylic acids is 1. The van der Waals surface area contributed by atoms with E-state index in [1.54, 1.807) is 18.2 Å². The number of allylic oxidation sites excluding steroid dienone is 9. The molecule has 0 spiro atoms. The standard InChI is InChI=1S/C22H32O4/c1-2-3-12-15-20(23)16-13-10-8-6-4-5-7-9-11-14-17-21(24)18-19-22(25)26/h3-5,8-14,16-17,20-21,23-24H,2,6-7,15,18-19H2,1H3,(H,25,26)/b5-4-,10-8-,11-9-,12-3-,16-13+,17-14+/t20-,21-/m0/s1. The van der Waals surface area contributed by atoms with Crippen LogP contribution in [0.2, 0.25) is 0 Å². The van der Waals surface area contributed by atoms with Crippen molar-refractivity contribution in [1.82, 2.24) is 0 Å². The molecule has 3 N–H and O–H groups in total. The second kappa shape index (κ2) is 17.6. The molecule has 0 fully saturated rings. The lowest BCUT2D eigenvalue weighted by molar-refractivity contribution is -0.137. The van der Waals surface area contributed by atoms with Crippen molar-refractivity contribution in [3.05, 3.63) is 72.9 Å². The molecule has 144 valence electrons. The fourth-order valence-electron chi connectivity index (χ4n) is 1.90. The van der Waals surface area contributed by atoms with E-state index in [4.69, 9.17) is 5.11 Å². The van der Waals surface area contributed by atoms with Crippen molar-refractivity contribution in [3.63, 3.8) is 0 Å². The van der Waals surface area contributed by atoms with Gasteiger partial charge in [0.2, 0.25) is 0 Å². The number of aliphatic hydroxyl groups excluding tert-OH is 2. The van der Waals surface area contributed by atoms with Crippen LogP contribution in [0.3, 0.4) is 0 Å². The first kappa shape index (κ1) is 23.8. The van der Waals surface area contributed by atoms with Crippen LogP contribution in [0.25, 0.3) is 0 Å². The number of rotatable bonds is 14. The van der Waals surface area contributed by atoms with E-state index in [0.717, 1.165) is 19.3 Å². The Bertz CT molecular complexity index is 524. The highest BCUT2D eigenvalue weighted by Crippen LogP contribution is 2.00. The van der Waals surface area contributed by atoms with Gasteiger partial charge in [0.25, 0.3) is 0 Å². The summed E-state index contributed by atoms with van der Waals surface area (Å²) in [6.45, 7) is 2.07. The second-order valence-electron chi connectivity index (χ2n) is 5.75. The summed E-state index contributed by atoms with van der Waals surface area (Å²) < 4.78 is 0. The van der Waals surface area contributed by atoms with Crippen LogP contribution in [0, 0.1) is 0 Å². The third-order valence-corrected chi connectivity index (χ3v) is 3.31. The molecule has 26 heavy (non-hydrogen) atoms. The van der Waals surface area contributed by atoms with Gasteiger partial charge < -0.3 is 15.3 Å². The fourth-order valence-corrected chi connectivity index (χ4v) is 1.90. The SMILES string of the molecule is CC/C=C\C[C@H](O)/C=C/C=C\C/C=C\C/C=C\C=C\[C@H](O)CCC(=O)O. The minimum Gasteiger partial charge on any atom is -0.481 e. The van der Waals surface area contributed by atoms with E-state index in [2.05, 4.69) is 13.0 Å². The maximum Gasteiger partial charge on any atom is 0.303 e. The largest absolute Gasteiger partial charge is 0.481 e. The van der Waals surface area contributed by atoms with Gasteiger partial charge in [-0.05, 0) is 32.1 Å². The first-order chi connectivity index (χ1) is 12.6. The van der Waals surface area contributed by atoms with Crippen molar-refractivity contribution in [1.29, 1.82) is 0 Å². The average molecular weight is 360 g/mol. The lowest BCUT2D eigenvalue weighted by Gasteiger charge is -2.00. The first-order valence-corrected chi connectivity index (χ1v) is 9.10. The molecule has 4 heteroatoms. The Kier molecular flexibility index (Phi) is 16.2. The fraction of sp³-hybridized carbons (Fsp3) is 0.409. The maximum absolute atomic E-state index is 10.4. The monoisotopic (exact) mass is 360 g/mol. The second-order valence-corrected chi connectivity index (χ2v) is 5.75. The van der Waals surface area contributed by atoms with Crippen molar-refractivity contribution in [2.24, 2.45) is 0 Å². The minimum absolute atomic E-state index is 0.0322. The van der Waals surface area contributed by atoms with E-state index in [9.17, 15) is 15.0 Å². The number of aliphatic hydroxyl groups is 2. The molecule has 0 aliphatic carbocycles. The number of carboxylic acid groups (broad SMARTS) is 1. The Morgan fingerprint density at radius 3 is 1.92 bits per heavy atom. The topological polar surface area (TPSA) is 77.8 Å². The molecule has 0 radical (unpaired) electrons. The van der Waals surface area contributed by atoms with Crippen LogP contribution in [0.1, 0.15) is 45.4 Å². The van der Waals surface area contributed by atoms with Gasteiger partial charge in [0, 0.05) is 6.42 Å². The van der Waals surface area contributed by atoms with Crippen LogP contribution in [-0.2, 0) is 4.79 Å². The third kappa shape index (κ3) is 18.2. The number of hydrogen-bond acceptors (Lipinski definition) is 3. The van der Waals surface area contributed by atoms with Crippen LogP contribution in [-0.4, -0.2) is 33.5 Å². The summed E-state index contributed by atoms with van der Waals surface area (Å²) >= 11 is 0. The van der Waals surface area contributed by atoms with Gasteiger partial charge in [-0.1, -0.05) is 79.8 Å². The van der Waals surface area contributed by atoms with Crippen molar-refractivity contribution in [2.75, 3.05) is 0 Å². The zero-order valence-electron chi connectivity index (χ0n) is 15.6. The summed E-state index contributed by atoms with van der Waals surface area (Å²) in [7, 11) is 0. The molecule has 0 amide bonds. The number of carbonyl (C=O) groups is 1. The van der Waals surface area contributed by atoms with Gasteiger partial charge in [-0.3, -0.25) is 4.79 Å². The maximum atomic E-state index is 10.4. The summed E-state index contributed by atoms with van der Waals surface area (Å²) in [5, 5.41) is 27.7. The summed E-state index contributed by atoms with van der Waals surface area (Å²) in [6, 6.07) is 0. The molecule has 0 bridgehead atoms. The van der Waals surface area contributed by atoms with Crippen molar-refractivity contribution in [3.8, 4) is 0 Å². The summed E-state index contributed by atoms with van der Waals surface area (Å²) in [4.78, 5) is 10.4. The zero-order chi connectivity index (χ0) is 19.5. The van der Waals surface area contributed by atoms with Crippen molar-refractivity contribution in [2.45, 2.75) is 57.7 Å². The molecule has 0 aliphatic rings. The first-order valence-electron chi connectivity index (χ1n) is 9.10. The summed E-state index contributed by atoms with van der Waals surface area (Å²) in [6.07, 6.45) is 25.1. The molecule has 0 aromatic carbocycles. The molecule has 0 rings (SSSR count). The Hall–Kier alpha value is -2.17. The Morgan fingerprint density at radius 2 is 1.38 bits per heavy atom. The quantitative estimate of drug-likeness (QED) is 0.315. The van der Waals surface area contributed by atoms with Gasteiger partial charge >= 0.3 is 5.97 Å². The van der Waals surface area contributed by atoms with Crippen LogP contribution >= 0.6 is 0 Å². The molecule has 0 saturated heterocycles. The molecular weight excluding hydrogens is 328 g/mol. The molecule has 2 atom stereocenters. The van der Waals surface area contributed by atoms with Crippen LogP contribution < -0.4 is 0 Å². The van der Waals surface area contributed by atoms with E-state index < -0.39 is 18.2 Å². The smallest absolute Gasteiger partial charge is 0.303 e. The highest BCUT2D eigenvalue weighted by molar-refractivity contribution is 5.66. The lowest BCUT2D eigenvalue weighted by Crippen LogP contribution is -2.05. The van der Waals surface area contributed by atoms with Gasteiger partial charge in [-0.2, -0.15) is 0 Å². The molecule has 0 saturated carbocycles. The van der Waals surface area contributed by atoms with Gasteiger partial charge in [0.15, 0.2) is 0 Å². The molecule has 0 aliphatic heterocycles. The summed E-state index contributed by atoms with van der Waals surface area (Å²) in [5.74, 6) is -0.900. The van der Waals surface area contributed by atoms with Crippen LogP contribution in [0.15, 0.2) is 72.9 Å². The molecule has 4 nitrogen and oxygen atoms in total. The predicted octanol–water partition coefficient (Wildman–Crippen LogP) is 4.49. The van der Waals surface area contributed by atoms with E-state index in [1.807, 2.05) is 48.6 Å². The van der Waals surface area contributed by atoms with E-state index in [0.29, 0.717) is 6.42 Å². The van der Waals surface area contributed by atoms with E-state index in [-0.39, 0.29) is 12.8 Å². The average Bonchev–Trinajstić information content (AvgIpc) is 2.61. The Labute approximate surface area is 157 Å². The number of carboxylic acids is 1. The highest BCUT2D eigenvalue weighted by atomic mass is 16.4. The van der Waals surface area contributed by atoms with Gasteiger partial charge in [-0.25, -0.2) is 0 Å². The van der Waals surface area contributed by atoms with Crippen molar-refractivity contribution >= 4 is 5.97 Å². The number of hydrogen-bond donors (Lipinski definition) is 3. The van der Waals surface area contributed by atoms with Crippen LogP contribution in [0.4, 0.5) is 0 Å².